The van der Waals surface area contributed by atoms with E-state index in [-0.39, 0.29) is 27.9 Å². The summed E-state index contributed by atoms with van der Waals surface area (Å²) in [5.74, 6) is 9.57. The Hall–Kier alpha value is -6.18. The number of nitrogens with one attached hydrogen (secondary N) is 2. The highest BCUT2D eigenvalue weighted by Crippen LogP contribution is 2.18. The zero-order valence-corrected chi connectivity index (χ0v) is 22.6. The van der Waals surface area contributed by atoms with Gasteiger partial charge in [0, 0.05) is 39.3 Å². The molecule has 208 valence electrons. The van der Waals surface area contributed by atoms with Gasteiger partial charge in [-0.2, -0.15) is 0 Å². The second kappa shape index (κ2) is 13.0. The maximum atomic E-state index is 13.9. The lowest BCUT2D eigenvalue weighted by atomic mass is 10.1. The number of nitrogen functional groups attached to an aromatic ring is 1. The van der Waals surface area contributed by atoms with Crippen LogP contribution in [-0.2, 0) is 0 Å². The molecule has 0 spiro atoms. The Morgan fingerprint density at radius 3 is 1.42 bits per heavy atom. The fourth-order valence-electron chi connectivity index (χ4n) is 4.07. The van der Waals surface area contributed by atoms with Gasteiger partial charge < -0.3 is 16.4 Å². The molecule has 0 fully saturated rings. The lowest BCUT2D eigenvalue weighted by molar-refractivity contribution is 0.102. The molecule has 4 N–H and O–H groups in total. The Kier molecular flexibility index (Phi) is 8.57. The van der Waals surface area contributed by atoms with E-state index in [2.05, 4.69) is 34.3 Å². The highest BCUT2D eigenvalue weighted by Gasteiger charge is 2.14. The van der Waals surface area contributed by atoms with Gasteiger partial charge in [-0.15, -0.1) is 0 Å². The number of hydrogen-bond acceptors (Lipinski definition) is 3. The van der Waals surface area contributed by atoms with Crippen LogP contribution in [-0.4, -0.2) is 11.8 Å². The van der Waals surface area contributed by atoms with E-state index < -0.39 is 23.4 Å². The van der Waals surface area contributed by atoms with E-state index >= 15 is 0 Å². The molecule has 2 amide bonds. The molecule has 0 unspecified atom stereocenters. The molecule has 0 bridgehead atoms. The van der Waals surface area contributed by atoms with Gasteiger partial charge in [-0.05, 0) is 78.9 Å². The van der Waals surface area contributed by atoms with Gasteiger partial charge in [-0.25, -0.2) is 8.78 Å². The highest BCUT2D eigenvalue weighted by molar-refractivity contribution is 6.09. The number of hydrogen-bond donors (Lipinski definition) is 3. The second-order valence-electron chi connectivity index (χ2n) is 9.37. The van der Waals surface area contributed by atoms with Crippen molar-refractivity contribution in [2.24, 2.45) is 0 Å². The van der Waals surface area contributed by atoms with Crippen LogP contribution in [0.3, 0.4) is 0 Å². The first-order valence-corrected chi connectivity index (χ1v) is 13.1. The molecule has 0 aliphatic rings. The average Bonchev–Trinajstić information content (AvgIpc) is 3.00. The number of rotatable bonds is 4. The molecule has 0 saturated carbocycles. The molecule has 43 heavy (non-hydrogen) atoms. The summed E-state index contributed by atoms with van der Waals surface area (Å²) < 4.78 is 27.8. The van der Waals surface area contributed by atoms with Gasteiger partial charge in [0.05, 0.1) is 11.1 Å². The van der Waals surface area contributed by atoms with Crippen LogP contribution in [0.2, 0.25) is 0 Å². The largest absolute Gasteiger partial charge is 0.399 e. The minimum Gasteiger partial charge on any atom is -0.399 e. The van der Waals surface area contributed by atoms with E-state index in [1.54, 1.807) is 84.9 Å². The lowest BCUT2D eigenvalue weighted by Gasteiger charge is -2.10. The maximum Gasteiger partial charge on any atom is 0.255 e. The fraction of sp³-hybridized carbons (Fsp3) is 0. The molecule has 5 rings (SSSR count). The van der Waals surface area contributed by atoms with E-state index in [1.165, 1.54) is 30.3 Å². The van der Waals surface area contributed by atoms with Crippen LogP contribution >= 0.6 is 0 Å². The van der Waals surface area contributed by atoms with Crippen LogP contribution in [0.5, 0.6) is 0 Å². The summed E-state index contributed by atoms with van der Waals surface area (Å²) in [7, 11) is 0. The highest BCUT2D eigenvalue weighted by atomic mass is 19.1. The second-order valence-corrected chi connectivity index (χ2v) is 9.37. The summed E-state index contributed by atoms with van der Waals surface area (Å²) in [6, 6.07) is 30.4. The molecule has 0 aliphatic carbocycles. The van der Waals surface area contributed by atoms with Gasteiger partial charge in [0.2, 0.25) is 0 Å². The van der Waals surface area contributed by atoms with Gasteiger partial charge in [0.25, 0.3) is 11.8 Å². The standard InChI is InChI=1S/C36H23F2N3O2/c37-33-13-3-1-9-26(33)17-15-24-7-5-11-31(19-24)40-35(42)28-21-29(23-30(39)22-28)36(43)41-32-12-6-8-25(20-32)16-18-27-10-2-4-14-34(27)38/h1-14,19-23H,39H2,(H,40,42)(H,41,43). The molecule has 0 saturated heterocycles. The maximum absolute atomic E-state index is 13.9. The number of nitrogens with two attached hydrogens (primary N) is 1. The van der Waals surface area contributed by atoms with Crippen molar-refractivity contribution < 1.29 is 18.4 Å². The quantitative estimate of drug-likeness (QED) is 0.164. The van der Waals surface area contributed by atoms with Gasteiger partial charge in [0.1, 0.15) is 11.6 Å². The summed E-state index contributed by atoms with van der Waals surface area (Å²) >= 11 is 0. The normalized spacial score (nSPS) is 10.0. The van der Waals surface area contributed by atoms with E-state index in [9.17, 15) is 18.4 Å². The van der Waals surface area contributed by atoms with E-state index in [0.717, 1.165) is 0 Å². The Morgan fingerprint density at radius 1 is 0.535 bits per heavy atom. The molecule has 0 aliphatic heterocycles. The molecule has 0 atom stereocenters. The van der Waals surface area contributed by atoms with Crippen LogP contribution in [0.25, 0.3) is 0 Å². The topological polar surface area (TPSA) is 84.2 Å². The minimum absolute atomic E-state index is 0.178. The predicted octanol–water partition coefficient (Wildman–Crippen LogP) is 6.85. The summed E-state index contributed by atoms with van der Waals surface area (Å²) in [5, 5.41) is 5.56. The Balaban J connectivity index is 1.29. The number of carbonyl (C=O) groups excluding carboxylic acids is 2. The number of anilines is 3. The number of benzene rings is 5. The number of amides is 2. The fourth-order valence-corrected chi connectivity index (χ4v) is 4.07. The van der Waals surface area contributed by atoms with Crippen molar-refractivity contribution in [2.75, 3.05) is 16.4 Å². The molecule has 5 aromatic carbocycles. The SMILES string of the molecule is Nc1cc(C(=O)Nc2cccc(C#Cc3ccccc3F)c2)cc(C(=O)Nc2cccc(C#Cc3ccccc3F)c2)c1. The summed E-state index contributed by atoms with van der Waals surface area (Å²) in [6.45, 7) is 0. The van der Waals surface area contributed by atoms with Gasteiger partial charge in [-0.3, -0.25) is 9.59 Å². The van der Waals surface area contributed by atoms with E-state index in [1.807, 2.05) is 0 Å². The van der Waals surface area contributed by atoms with Crippen LogP contribution in [0, 0.1) is 35.3 Å². The van der Waals surface area contributed by atoms with Crippen molar-refractivity contribution in [1.29, 1.82) is 0 Å². The zero-order chi connectivity index (χ0) is 30.2. The average molecular weight is 568 g/mol. The summed E-state index contributed by atoms with van der Waals surface area (Å²) in [5.41, 5.74) is 9.23. The van der Waals surface area contributed by atoms with Crippen LogP contribution in [0.4, 0.5) is 25.8 Å². The van der Waals surface area contributed by atoms with Gasteiger partial charge in [-0.1, -0.05) is 60.1 Å². The summed E-state index contributed by atoms with van der Waals surface area (Å²) in [6.07, 6.45) is 0. The number of halogens is 2. The van der Waals surface area contributed by atoms with Crippen molar-refractivity contribution in [3.63, 3.8) is 0 Å². The van der Waals surface area contributed by atoms with Crippen molar-refractivity contribution >= 4 is 28.9 Å². The third-order valence-corrected chi connectivity index (χ3v) is 6.15. The summed E-state index contributed by atoms with van der Waals surface area (Å²) in [4.78, 5) is 26.1. The van der Waals surface area contributed by atoms with E-state index in [0.29, 0.717) is 22.5 Å². The molecule has 5 nitrogen and oxygen atoms in total. The molecular weight excluding hydrogens is 544 g/mol. The first-order chi connectivity index (χ1) is 20.8. The lowest BCUT2D eigenvalue weighted by Crippen LogP contribution is -2.16. The third-order valence-electron chi connectivity index (χ3n) is 6.15. The monoisotopic (exact) mass is 567 g/mol. The molecule has 0 aromatic heterocycles. The van der Waals surface area contributed by atoms with Crippen molar-refractivity contribution in [3.8, 4) is 23.7 Å². The molecule has 7 heteroatoms. The van der Waals surface area contributed by atoms with Crippen molar-refractivity contribution in [2.45, 2.75) is 0 Å². The van der Waals surface area contributed by atoms with Gasteiger partial charge in [0.15, 0.2) is 0 Å². The molecule has 0 heterocycles. The molecular formula is C36H23F2N3O2. The van der Waals surface area contributed by atoms with Crippen molar-refractivity contribution in [3.05, 3.63) is 160 Å². The smallest absolute Gasteiger partial charge is 0.255 e. The first kappa shape index (κ1) is 28.4. The van der Waals surface area contributed by atoms with E-state index in [4.69, 9.17) is 5.73 Å². The third kappa shape index (κ3) is 7.52. The Labute approximate surface area is 247 Å². The minimum atomic E-state index is -0.481. The van der Waals surface area contributed by atoms with Crippen LogP contribution < -0.4 is 16.4 Å². The molecule has 5 aromatic rings. The Morgan fingerprint density at radius 2 is 0.977 bits per heavy atom. The number of carbonyl (C=O) groups is 2. The first-order valence-electron chi connectivity index (χ1n) is 13.1. The van der Waals surface area contributed by atoms with Crippen LogP contribution in [0.1, 0.15) is 43.0 Å². The van der Waals surface area contributed by atoms with Crippen molar-refractivity contribution in [1.82, 2.24) is 0 Å². The van der Waals surface area contributed by atoms with Crippen LogP contribution in [0.15, 0.2) is 115 Å². The molecule has 0 radical (unpaired) electrons. The Bertz CT molecular complexity index is 1840. The zero-order valence-electron chi connectivity index (χ0n) is 22.6. The van der Waals surface area contributed by atoms with Gasteiger partial charge >= 0.3 is 0 Å². The predicted molar refractivity (Wildman–Crippen MR) is 164 cm³/mol.